The zero-order valence-corrected chi connectivity index (χ0v) is 18.6. The number of thiazole rings is 1. The first-order valence-electron chi connectivity index (χ1n) is 10.1. The van der Waals surface area contributed by atoms with E-state index in [2.05, 4.69) is 36.6 Å². The highest BCUT2D eigenvalue weighted by Gasteiger charge is 2.29. The maximum Gasteiger partial charge on any atom is 0.215 e. The second-order valence-electron chi connectivity index (χ2n) is 7.75. The molecular formula is C23H19N7OS. The van der Waals surface area contributed by atoms with Crippen molar-refractivity contribution >= 4 is 34.0 Å². The first kappa shape index (κ1) is 20.0. The molecule has 9 heteroatoms. The fraction of sp³-hybridized carbons (Fsp3) is 0.261. The van der Waals surface area contributed by atoms with E-state index in [1.807, 2.05) is 26.0 Å². The Balaban J connectivity index is 1.57. The molecule has 0 aliphatic heterocycles. The highest BCUT2D eigenvalue weighted by molar-refractivity contribution is 7.14. The van der Waals surface area contributed by atoms with Crippen molar-refractivity contribution in [1.82, 2.24) is 24.5 Å². The SMILES string of the molecule is COc1cc2nc(/C(C#N)=C/c3cc(C)n(-c4sc(C5CC5)nc4C#N)c3C)[nH]c2cn1. The summed E-state index contributed by atoms with van der Waals surface area (Å²) in [4.78, 5) is 16.4. The molecule has 0 spiro atoms. The molecule has 0 atom stereocenters. The highest BCUT2D eigenvalue weighted by atomic mass is 32.1. The molecule has 158 valence electrons. The first-order valence-corrected chi connectivity index (χ1v) is 11.0. The molecular weight excluding hydrogens is 422 g/mol. The van der Waals surface area contributed by atoms with Gasteiger partial charge in [-0.2, -0.15) is 10.5 Å². The van der Waals surface area contributed by atoms with Crippen molar-refractivity contribution in [1.29, 1.82) is 10.5 Å². The van der Waals surface area contributed by atoms with E-state index in [-0.39, 0.29) is 0 Å². The number of ether oxygens (including phenoxy) is 1. The van der Waals surface area contributed by atoms with Crippen LogP contribution in [0.2, 0.25) is 0 Å². The Kier molecular flexibility index (Phi) is 4.76. The van der Waals surface area contributed by atoms with Crippen LogP contribution in [0.1, 0.15) is 52.2 Å². The van der Waals surface area contributed by atoms with Gasteiger partial charge in [-0.05, 0) is 44.4 Å². The zero-order valence-electron chi connectivity index (χ0n) is 17.8. The quantitative estimate of drug-likeness (QED) is 0.451. The van der Waals surface area contributed by atoms with E-state index in [4.69, 9.17) is 4.74 Å². The molecule has 0 unspecified atom stereocenters. The number of H-pyrrole nitrogens is 1. The molecule has 0 aromatic carbocycles. The minimum absolute atomic E-state index is 0.406. The van der Waals surface area contributed by atoms with E-state index in [0.717, 1.165) is 45.3 Å². The number of rotatable bonds is 5. The Labute approximate surface area is 188 Å². The maximum absolute atomic E-state index is 9.83. The number of pyridine rings is 1. The Morgan fingerprint density at radius 2 is 2.09 bits per heavy atom. The Morgan fingerprint density at radius 1 is 1.28 bits per heavy atom. The molecule has 1 N–H and O–H groups in total. The van der Waals surface area contributed by atoms with E-state index >= 15 is 0 Å². The number of nitrogens with one attached hydrogen (secondary N) is 1. The highest BCUT2D eigenvalue weighted by Crippen LogP contribution is 2.44. The molecule has 32 heavy (non-hydrogen) atoms. The fourth-order valence-electron chi connectivity index (χ4n) is 3.74. The lowest BCUT2D eigenvalue weighted by molar-refractivity contribution is 0.398. The van der Waals surface area contributed by atoms with Crippen LogP contribution in [0.3, 0.4) is 0 Å². The van der Waals surface area contributed by atoms with Crippen molar-refractivity contribution in [2.75, 3.05) is 7.11 Å². The summed E-state index contributed by atoms with van der Waals surface area (Å²) >= 11 is 1.58. The molecule has 4 aromatic rings. The van der Waals surface area contributed by atoms with Gasteiger partial charge in [-0.25, -0.2) is 15.0 Å². The van der Waals surface area contributed by atoms with E-state index in [0.29, 0.717) is 34.4 Å². The Morgan fingerprint density at radius 3 is 2.78 bits per heavy atom. The van der Waals surface area contributed by atoms with Crippen LogP contribution in [0.15, 0.2) is 18.3 Å². The molecule has 1 saturated carbocycles. The van der Waals surface area contributed by atoms with Crippen LogP contribution < -0.4 is 4.74 Å². The molecule has 5 rings (SSSR count). The number of aryl methyl sites for hydroxylation is 1. The maximum atomic E-state index is 9.83. The van der Waals surface area contributed by atoms with Crippen molar-refractivity contribution in [3.8, 4) is 23.0 Å². The molecule has 0 radical (unpaired) electrons. The van der Waals surface area contributed by atoms with Crippen LogP contribution in [0.4, 0.5) is 0 Å². The predicted octanol–water partition coefficient (Wildman–Crippen LogP) is 4.64. The van der Waals surface area contributed by atoms with Crippen LogP contribution in [-0.2, 0) is 0 Å². The average molecular weight is 442 g/mol. The van der Waals surface area contributed by atoms with Crippen molar-refractivity contribution in [2.45, 2.75) is 32.6 Å². The van der Waals surface area contributed by atoms with Gasteiger partial charge < -0.3 is 14.3 Å². The van der Waals surface area contributed by atoms with Crippen molar-refractivity contribution in [2.24, 2.45) is 0 Å². The van der Waals surface area contributed by atoms with Gasteiger partial charge >= 0.3 is 0 Å². The summed E-state index contributed by atoms with van der Waals surface area (Å²) in [5, 5.41) is 21.3. The summed E-state index contributed by atoms with van der Waals surface area (Å²) < 4.78 is 7.20. The van der Waals surface area contributed by atoms with Gasteiger partial charge in [0.05, 0.1) is 34.9 Å². The van der Waals surface area contributed by atoms with Crippen LogP contribution in [-0.4, -0.2) is 31.6 Å². The summed E-state index contributed by atoms with van der Waals surface area (Å²) in [7, 11) is 1.55. The van der Waals surface area contributed by atoms with Gasteiger partial charge in [0.15, 0.2) is 5.69 Å². The van der Waals surface area contributed by atoms with E-state index < -0.39 is 0 Å². The molecule has 1 aliphatic carbocycles. The average Bonchev–Trinajstić information content (AvgIpc) is 3.32. The number of nitriles is 2. The molecule has 0 bridgehead atoms. The summed E-state index contributed by atoms with van der Waals surface area (Å²) in [6, 6.07) is 8.22. The monoisotopic (exact) mass is 441 g/mol. The normalized spacial score (nSPS) is 13.8. The van der Waals surface area contributed by atoms with Gasteiger partial charge in [0.25, 0.3) is 0 Å². The molecule has 8 nitrogen and oxygen atoms in total. The fourth-order valence-corrected chi connectivity index (χ4v) is 5.04. The number of imidazole rings is 1. The van der Waals surface area contributed by atoms with Crippen LogP contribution in [0.25, 0.3) is 27.7 Å². The molecule has 0 saturated heterocycles. The minimum Gasteiger partial charge on any atom is -0.481 e. The molecule has 4 heterocycles. The minimum atomic E-state index is 0.406. The predicted molar refractivity (Wildman–Crippen MR) is 122 cm³/mol. The lowest BCUT2D eigenvalue weighted by Crippen LogP contribution is -1.99. The number of hydrogen-bond acceptors (Lipinski definition) is 7. The number of fused-ring (bicyclic) bond motifs is 1. The van der Waals surface area contributed by atoms with Crippen LogP contribution in [0.5, 0.6) is 5.88 Å². The van der Waals surface area contributed by atoms with Crippen LogP contribution in [0, 0.1) is 36.5 Å². The number of aromatic nitrogens is 5. The van der Waals surface area contributed by atoms with Gasteiger partial charge in [0.1, 0.15) is 23.0 Å². The number of allylic oxidation sites excluding steroid dienone is 1. The smallest absolute Gasteiger partial charge is 0.215 e. The van der Waals surface area contributed by atoms with Gasteiger partial charge in [0, 0.05) is 23.4 Å². The molecule has 4 aromatic heterocycles. The molecule has 1 fully saturated rings. The summed E-state index contributed by atoms with van der Waals surface area (Å²) in [5.41, 5.74) is 5.07. The van der Waals surface area contributed by atoms with E-state index in [1.54, 1.807) is 30.7 Å². The summed E-state index contributed by atoms with van der Waals surface area (Å²) in [6.07, 6.45) is 5.73. The van der Waals surface area contributed by atoms with Crippen molar-refractivity contribution in [3.63, 3.8) is 0 Å². The van der Waals surface area contributed by atoms with E-state index in [9.17, 15) is 10.5 Å². The number of nitrogens with zero attached hydrogens (tertiary/aromatic N) is 6. The van der Waals surface area contributed by atoms with Gasteiger partial charge in [0.2, 0.25) is 5.88 Å². The third-order valence-electron chi connectivity index (χ3n) is 5.56. The lowest BCUT2D eigenvalue weighted by Gasteiger charge is -2.06. The lowest BCUT2D eigenvalue weighted by atomic mass is 10.1. The topological polar surface area (TPSA) is 116 Å². The Hall–Kier alpha value is -3.95. The number of methoxy groups -OCH3 is 1. The second kappa shape index (κ2) is 7.63. The van der Waals surface area contributed by atoms with Gasteiger partial charge in [-0.3, -0.25) is 0 Å². The number of aromatic amines is 1. The third-order valence-corrected chi connectivity index (χ3v) is 6.76. The first-order chi connectivity index (χ1) is 15.5. The second-order valence-corrected chi connectivity index (χ2v) is 8.76. The largest absolute Gasteiger partial charge is 0.481 e. The third kappa shape index (κ3) is 3.33. The molecule has 0 amide bonds. The van der Waals surface area contributed by atoms with Gasteiger partial charge in [-0.15, -0.1) is 0 Å². The van der Waals surface area contributed by atoms with Crippen molar-refractivity contribution < 1.29 is 4.74 Å². The van der Waals surface area contributed by atoms with E-state index in [1.165, 1.54) is 0 Å². The summed E-state index contributed by atoms with van der Waals surface area (Å²) in [6.45, 7) is 3.98. The zero-order chi connectivity index (χ0) is 22.4. The van der Waals surface area contributed by atoms with Crippen LogP contribution >= 0.6 is 11.3 Å². The molecule has 1 aliphatic rings. The standard InChI is InChI=1S/C23H19N7OS/c1-12-6-15(13(2)30(12)23-18(10-25)29-22(32-23)14-4-5-14)7-16(9-24)21-27-17-8-20(31-3)26-11-19(17)28-21/h6-8,11,14H,4-5H2,1-3H3,(H,27,28)/b16-7+. The van der Waals surface area contributed by atoms with Crippen molar-refractivity contribution in [3.05, 3.63) is 51.8 Å². The van der Waals surface area contributed by atoms with Gasteiger partial charge in [-0.1, -0.05) is 11.3 Å². The Bertz CT molecular complexity index is 1470. The number of hydrogen-bond donors (Lipinski definition) is 1. The summed E-state index contributed by atoms with van der Waals surface area (Å²) in [5.74, 6) is 1.42.